The van der Waals surface area contributed by atoms with Crippen molar-refractivity contribution in [3.8, 4) is 123 Å². The molecule has 0 unspecified atom stereocenters. The monoisotopic (exact) mass is 1430 g/mol. The molecule has 4 aliphatic carbocycles. The maximum absolute atomic E-state index is 5.46. The summed E-state index contributed by atoms with van der Waals surface area (Å²) in [7, 11) is 1.70. The molecule has 17 aromatic carbocycles. The summed E-state index contributed by atoms with van der Waals surface area (Å²) in [6.07, 6.45) is 0. The number of fused-ring (bicyclic) bond motifs is 24. The Morgan fingerprint density at radius 3 is 1.00 bits per heavy atom. The number of hydrogen-bond donors (Lipinski definition) is 0. The molecule has 0 atom stereocenters. The van der Waals surface area contributed by atoms with Crippen molar-refractivity contribution in [2.75, 3.05) is 12.0 Å². The molecule has 0 fully saturated rings. The fourth-order valence-corrected chi connectivity index (χ4v) is 20.1. The lowest BCUT2D eigenvalue weighted by molar-refractivity contribution is 0.415. The topological polar surface area (TPSA) is 43.2 Å². The molecule has 0 N–H and O–H groups in total. The molecule has 2 spiro atoms. The standard InChI is InChI=1S/C105H66N4OS/c1-110-79-53-43-66(44-54-79)65-39-49-77(50-40-65)108(76-17-3-2-4-18-76)101-60-57-80(102-103(101)107-111-106-102)71-41-51-78(52-42-71)109-99-58-47-72(67-31-35-69(36-32-67)74-45-55-87-85-23-9-15-29-95(85)104(97(87)63-74)91-25-11-5-19-81(91)82-20-6-12-26-92(82)104)61-89(99)90-62-73(48-59-100(90)109)68-33-37-70(38-34-68)75-46-56-88-86-24-10-16-30-96(86)105(98(88)64-75)93-27-13-7-21-83(93)84-22-8-14-28-94(84)105/h2-64H,1H3. The second-order valence-electron chi connectivity index (χ2n) is 29.8. The van der Waals surface area contributed by atoms with Crippen LogP contribution in [0.2, 0.25) is 0 Å². The Bertz CT molecular complexity index is 6610. The van der Waals surface area contributed by atoms with Gasteiger partial charge in [0.2, 0.25) is 0 Å². The fourth-order valence-electron chi connectivity index (χ4n) is 19.6. The van der Waals surface area contributed by atoms with Gasteiger partial charge in [-0.2, -0.15) is 8.75 Å². The quantitative estimate of drug-likeness (QED) is 0.129. The van der Waals surface area contributed by atoms with Crippen LogP contribution in [0.25, 0.3) is 150 Å². The van der Waals surface area contributed by atoms with E-state index in [0.717, 1.165) is 95.1 Å². The second kappa shape index (κ2) is 24.5. The molecule has 4 aliphatic rings. The zero-order chi connectivity index (χ0) is 73.0. The van der Waals surface area contributed by atoms with Gasteiger partial charge in [-0.15, -0.1) is 0 Å². The van der Waals surface area contributed by atoms with Gasteiger partial charge in [0.25, 0.3) is 0 Å². The lowest BCUT2D eigenvalue weighted by Crippen LogP contribution is -2.25. The Kier molecular flexibility index (Phi) is 13.9. The highest BCUT2D eigenvalue weighted by atomic mass is 32.1. The van der Waals surface area contributed by atoms with Crippen LogP contribution in [0.5, 0.6) is 5.75 Å². The average Bonchev–Trinajstić information content (AvgIpc) is 1.51. The van der Waals surface area contributed by atoms with E-state index in [1.54, 1.807) is 7.11 Å². The van der Waals surface area contributed by atoms with Gasteiger partial charge < -0.3 is 14.2 Å². The largest absolute Gasteiger partial charge is 0.497 e. The van der Waals surface area contributed by atoms with Gasteiger partial charge in [-0.05, 0) is 247 Å². The molecule has 5 nitrogen and oxygen atoms in total. The maximum Gasteiger partial charge on any atom is 0.129 e. The van der Waals surface area contributed by atoms with Crippen molar-refractivity contribution in [2.24, 2.45) is 0 Å². The molecule has 0 bridgehead atoms. The highest BCUT2D eigenvalue weighted by Crippen LogP contribution is 2.65. The third kappa shape index (κ3) is 9.23. The first-order valence-electron chi connectivity index (χ1n) is 38.1. The molecule has 0 amide bonds. The van der Waals surface area contributed by atoms with Gasteiger partial charge in [0.15, 0.2) is 0 Å². The second-order valence-corrected chi connectivity index (χ2v) is 30.4. The summed E-state index contributed by atoms with van der Waals surface area (Å²) in [5.74, 6) is 0.834. The van der Waals surface area contributed by atoms with E-state index < -0.39 is 10.8 Å². The van der Waals surface area contributed by atoms with Gasteiger partial charge in [0.1, 0.15) is 16.8 Å². The molecule has 6 heteroatoms. The summed E-state index contributed by atoms with van der Waals surface area (Å²) in [5.41, 5.74) is 42.2. The molecule has 0 saturated carbocycles. The van der Waals surface area contributed by atoms with Crippen molar-refractivity contribution in [3.63, 3.8) is 0 Å². The highest BCUT2D eigenvalue weighted by molar-refractivity contribution is 7.00. The van der Waals surface area contributed by atoms with E-state index in [2.05, 4.69) is 380 Å². The van der Waals surface area contributed by atoms with Gasteiger partial charge in [-0.1, -0.05) is 285 Å². The van der Waals surface area contributed by atoms with Crippen LogP contribution in [-0.4, -0.2) is 20.4 Å². The number of benzene rings is 17. The van der Waals surface area contributed by atoms with Crippen LogP contribution in [-0.2, 0) is 10.8 Å². The SMILES string of the molecule is COc1ccc(-c2ccc(N(c3ccccc3)c3ccc(-c4ccc(-n5c6ccc(-c7ccc(-c8ccc9c(c8)C8(c%10ccccc%10-c%10ccccc%108)c8ccccc8-9)cc7)cc6c6cc(-c7ccc(-c8ccc9c(c8)C8(c%10ccccc%10-c%10ccccc%108)c8ccccc8-9)cc7)ccc65)cc4)c4nsnc34)cc2)cc1. The molecule has 0 saturated heterocycles. The lowest BCUT2D eigenvalue weighted by Gasteiger charge is -2.30. The average molecular weight is 1430 g/mol. The van der Waals surface area contributed by atoms with Crippen LogP contribution in [0.4, 0.5) is 17.1 Å². The minimum absolute atomic E-state index is 0.410. The number of para-hydroxylation sites is 1. The molecular formula is C105H66N4OS. The molecule has 0 aliphatic heterocycles. The summed E-state index contributed by atoms with van der Waals surface area (Å²) in [6, 6.07) is 142. The number of aromatic nitrogens is 3. The van der Waals surface area contributed by atoms with Crippen LogP contribution in [0.1, 0.15) is 44.5 Å². The Morgan fingerprint density at radius 1 is 0.261 bits per heavy atom. The predicted octanol–water partition coefficient (Wildman–Crippen LogP) is 27.0. The first-order valence-corrected chi connectivity index (χ1v) is 38.8. The van der Waals surface area contributed by atoms with Gasteiger partial charge in [-0.3, -0.25) is 0 Å². The van der Waals surface area contributed by atoms with E-state index in [0.29, 0.717) is 0 Å². The molecule has 0 radical (unpaired) electrons. The van der Waals surface area contributed by atoms with Crippen LogP contribution < -0.4 is 9.64 Å². The fraction of sp³-hybridized carbons (Fsp3) is 0.0286. The van der Waals surface area contributed by atoms with Crippen molar-refractivity contribution < 1.29 is 4.74 Å². The van der Waals surface area contributed by atoms with Gasteiger partial charge in [0, 0.05) is 33.4 Å². The summed E-state index contributed by atoms with van der Waals surface area (Å²) in [5, 5.41) is 2.36. The van der Waals surface area contributed by atoms with Crippen molar-refractivity contribution in [1.29, 1.82) is 0 Å². The van der Waals surface area contributed by atoms with Crippen LogP contribution in [0, 0.1) is 0 Å². The van der Waals surface area contributed by atoms with Crippen molar-refractivity contribution in [2.45, 2.75) is 10.8 Å². The van der Waals surface area contributed by atoms with E-state index in [1.165, 1.54) is 134 Å². The smallest absolute Gasteiger partial charge is 0.129 e. The molecule has 2 heterocycles. The van der Waals surface area contributed by atoms with Crippen LogP contribution in [0.3, 0.4) is 0 Å². The summed E-state index contributed by atoms with van der Waals surface area (Å²) in [4.78, 5) is 2.28. The number of rotatable bonds is 11. The molecule has 19 aromatic rings. The van der Waals surface area contributed by atoms with E-state index in [4.69, 9.17) is 13.5 Å². The Hall–Kier alpha value is -14.0. The zero-order valence-electron chi connectivity index (χ0n) is 60.5. The third-order valence-corrected chi connectivity index (χ3v) is 25.0. The Morgan fingerprint density at radius 2 is 0.577 bits per heavy atom. The number of hydrogen-bond acceptors (Lipinski definition) is 5. The number of methoxy groups -OCH3 is 1. The van der Waals surface area contributed by atoms with Crippen LogP contribution in [0.15, 0.2) is 382 Å². The number of ether oxygens (including phenoxy) is 1. The van der Waals surface area contributed by atoms with E-state index in [9.17, 15) is 0 Å². The van der Waals surface area contributed by atoms with Crippen LogP contribution >= 0.6 is 11.7 Å². The first-order chi connectivity index (χ1) is 55.0. The Labute approximate surface area is 647 Å². The number of nitrogens with zero attached hydrogens (tertiary/aromatic N) is 4. The maximum atomic E-state index is 5.46. The molecule has 518 valence electrons. The van der Waals surface area contributed by atoms with Crippen molar-refractivity contribution >= 4 is 61.6 Å². The minimum atomic E-state index is -0.410. The minimum Gasteiger partial charge on any atom is -0.497 e. The normalized spacial score (nSPS) is 13.2. The van der Waals surface area contributed by atoms with E-state index in [-0.39, 0.29) is 0 Å². The van der Waals surface area contributed by atoms with E-state index in [1.807, 2.05) is 12.1 Å². The van der Waals surface area contributed by atoms with Gasteiger partial charge in [0.05, 0.1) is 46.4 Å². The van der Waals surface area contributed by atoms with Crippen molar-refractivity contribution in [1.82, 2.24) is 13.3 Å². The first kappa shape index (κ1) is 63.1. The predicted molar refractivity (Wildman–Crippen MR) is 458 cm³/mol. The molecule has 23 rings (SSSR count). The number of anilines is 3. The Balaban J connectivity index is 0.616. The van der Waals surface area contributed by atoms with E-state index >= 15 is 0 Å². The summed E-state index contributed by atoms with van der Waals surface area (Å²) in [6.45, 7) is 0. The van der Waals surface area contributed by atoms with Crippen molar-refractivity contribution in [3.05, 3.63) is 427 Å². The summed E-state index contributed by atoms with van der Waals surface area (Å²) >= 11 is 1.25. The molecule has 111 heavy (non-hydrogen) atoms. The zero-order valence-corrected chi connectivity index (χ0v) is 61.3. The van der Waals surface area contributed by atoms with Gasteiger partial charge >= 0.3 is 0 Å². The van der Waals surface area contributed by atoms with Gasteiger partial charge in [-0.25, -0.2) is 0 Å². The lowest BCUT2D eigenvalue weighted by atomic mass is 9.70. The molecular weight excluding hydrogens is 1370 g/mol. The molecule has 2 aromatic heterocycles. The third-order valence-electron chi connectivity index (χ3n) is 24.5. The highest BCUT2D eigenvalue weighted by Gasteiger charge is 2.53. The summed E-state index contributed by atoms with van der Waals surface area (Å²) < 4.78 is 18.0.